The van der Waals surface area contributed by atoms with Crippen LogP contribution >= 0.6 is 11.8 Å². The van der Waals surface area contributed by atoms with E-state index in [4.69, 9.17) is 0 Å². The van der Waals surface area contributed by atoms with Gasteiger partial charge in [-0.15, -0.1) is 0 Å². The molecule has 1 N–H and O–H groups in total. The Balaban J connectivity index is 2.09. The number of ketones is 1. The van der Waals surface area contributed by atoms with Crippen LogP contribution in [0, 0.1) is 24.1 Å². The Morgan fingerprint density at radius 3 is 2.75 bits per heavy atom. The van der Waals surface area contributed by atoms with Crippen molar-refractivity contribution >= 4 is 29.1 Å². The van der Waals surface area contributed by atoms with Crippen molar-refractivity contribution in [2.45, 2.75) is 18.9 Å². The van der Waals surface area contributed by atoms with E-state index >= 15 is 0 Å². The number of aryl methyl sites for hydroxylation is 1. The summed E-state index contributed by atoms with van der Waals surface area (Å²) >= 11 is 1.09. The van der Waals surface area contributed by atoms with Crippen LogP contribution in [-0.4, -0.2) is 22.4 Å². The minimum absolute atomic E-state index is 0.0110. The molecule has 1 amide bonds. The van der Waals surface area contributed by atoms with Gasteiger partial charge in [0.05, 0.1) is 11.3 Å². The number of nitrogens with one attached hydrogen (secondary N) is 1. The zero-order valence-corrected chi connectivity index (χ0v) is 13.9. The lowest BCUT2D eigenvalue weighted by atomic mass is 10.1. The third-order valence-electron chi connectivity index (χ3n) is 3.13. The fourth-order valence-corrected chi connectivity index (χ4v) is 2.83. The third-order valence-corrected chi connectivity index (χ3v) is 4.12. The Morgan fingerprint density at radius 2 is 2.12 bits per heavy atom. The maximum Gasteiger partial charge on any atom is 0.234 e. The van der Waals surface area contributed by atoms with E-state index in [0.29, 0.717) is 22.0 Å². The van der Waals surface area contributed by atoms with Gasteiger partial charge in [-0.2, -0.15) is 5.26 Å². The normalized spacial score (nSPS) is 10.1. The van der Waals surface area contributed by atoms with Crippen molar-refractivity contribution in [2.75, 3.05) is 11.1 Å². The van der Waals surface area contributed by atoms with E-state index in [1.165, 1.54) is 31.2 Å². The van der Waals surface area contributed by atoms with E-state index in [9.17, 15) is 19.2 Å². The predicted octanol–water partition coefficient (Wildman–Crippen LogP) is 3.33. The molecule has 0 aliphatic carbocycles. The quantitative estimate of drug-likeness (QED) is 0.665. The zero-order chi connectivity index (χ0) is 17.7. The molecule has 0 saturated carbocycles. The molecular formula is C17H14FN3O2S. The van der Waals surface area contributed by atoms with Gasteiger partial charge in [-0.3, -0.25) is 9.59 Å². The first-order valence-corrected chi connectivity index (χ1v) is 8.00. The molecule has 0 radical (unpaired) electrons. The molecular weight excluding hydrogens is 329 g/mol. The lowest BCUT2D eigenvalue weighted by Crippen LogP contribution is -2.14. The molecule has 0 spiro atoms. The number of Topliss-reactive ketones (excluding diaryl/α,β-unsaturated/α-hetero) is 1. The molecule has 5 nitrogen and oxygen atoms in total. The van der Waals surface area contributed by atoms with Crippen molar-refractivity contribution in [3.63, 3.8) is 0 Å². The largest absolute Gasteiger partial charge is 0.325 e. The van der Waals surface area contributed by atoms with Crippen molar-refractivity contribution in [1.82, 2.24) is 4.98 Å². The fourth-order valence-electron chi connectivity index (χ4n) is 2.03. The van der Waals surface area contributed by atoms with E-state index in [-0.39, 0.29) is 23.0 Å². The van der Waals surface area contributed by atoms with Gasteiger partial charge in [-0.25, -0.2) is 9.37 Å². The average molecular weight is 343 g/mol. The Labute approximate surface area is 142 Å². The van der Waals surface area contributed by atoms with E-state index in [0.717, 1.165) is 11.8 Å². The summed E-state index contributed by atoms with van der Waals surface area (Å²) in [7, 11) is 0. The molecule has 1 aromatic carbocycles. The van der Waals surface area contributed by atoms with Crippen LogP contribution in [0.2, 0.25) is 0 Å². The maximum absolute atomic E-state index is 13.1. The number of rotatable bonds is 5. The van der Waals surface area contributed by atoms with Crippen LogP contribution in [0.5, 0.6) is 0 Å². The highest BCUT2D eigenvalue weighted by Gasteiger charge is 2.14. The number of nitrogens with zero attached hydrogens (tertiary/aromatic N) is 2. The molecule has 0 aliphatic heterocycles. The Morgan fingerprint density at radius 1 is 1.38 bits per heavy atom. The summed E-state index contributed by atoms with van der Waals surface area (Å²) in [6, 6.07) is 9.04. The molecule has 2 rings (SSSR count). The lowest BCUT2D eigenvalue weighted by Gasteiger charge is -2.08. The molecule has 1 aromatic heterocycles. The van der Waals surface area contributed by atoms with Gasteiger partial charge in [0.25, 0.3) is 0 Å². The summed E-state index contributed by atoms with van der Waals surface area (Å²) in [6.45, 7) is 3.08. The van der Waals surface area contributed by atoms with E-state index in [1.54, 1.807) is 13.0 Å². The molecule has 0 bridgehead atoms. The highest BCUT2D eigenvalue weighted by atomic mass is 32.2. The SMILES string of the molecule is CC(=O)c1cc(C#N)c(SCC(=O)Nc2cccc(F)c2)nc1C. The zero-order valence-electron chi connectivity index (χ0n) is 13.1. The van der Waals surface area contributed by atoms with Gasteiger partial charge >= 0.3 is 0 Å². The first kappa shape index (κ1) is 17.6. The van der Waals surface area contributed by atoms with Crippen molar-refractivity contribution in [2.24, 2.45) is 0 Å². The second kappa shape index (κ2) is 7.70. The Bertz CT molecular complexity index is 846. The van der Waals surface area contributed by atoms with Gasteiger partial charge in [-0.05, 0) is 38.1 Å². The molecule has 24 heavy (non-hydrogen) atoms. The van der Waals surface area contributed by atoms with Crippen molar-refractivity contribution in [3.05, 3.63) is 53.0 Å². The molecule has 0 saturated heterocycles. The van der Waals surface area contributed by atoms with Gasteiger partial charge in [0.1, 0.15) is 16.9 Å². The molecule has 0 unspecified atom stereocenters. The number of benzene rings is 1. The first-order valence-electron chi connectivity index (χ1n) is 7.01. The van der Waals surface area contributed by atoms with Crippen molar-refractivity contribution < 1.29 is 14.0 Å². The molecule has 0 aliphatic rings. The monoisotopic (exact) mass is 343 g/mol. The predicted molar refractivity (Wildman–Crippen MR) is 89.4 cm³/mol. The summed E-state index contributed by atoms with van der Waals surface area (Å²) in [4.78, 5) is 27.7. The van der Waals surface area contributed by atoms with Crippen LogP contribution < -0.4 is 5.32 Å². The van der Waals surface area contributed by atoms with Crippen LogP contribution in [0.15, 0.2) is 35.4 Å². The number of thioether (sulfide) groups is 1. The number of carbonyl (C=O) groups excluding carboxylic acids is 2. The van der Waals surface area contributed by atoms with Crippen molar-refractivity contribution in [1.29, 1.82) is 5.26 Å². The number of nitriles is 1. The van der Waals surface area contributed by atoms with Crippen LogP contribution in [0.1, 0.15) is 28.5 Å². The summed E-state index contributed by atoms with van der Waals surface area (Å²) in [5, 5.41) is 12.1. The number of carbonyl (C=O) groups is 2. The minimum atomic E-state index is -0.440. The topological polar surface area (TPSA) is 82.8 Å². The number of hydrogen-bond acceptors (Lipinski definition) is 5. The van der Waals surface area contributed by atoms with Gasteiger partial charge < -0.3 is 5.32 Å². The van der Waals surface area contributed by atoms with E-state index < -0.39 is 5.82 Å². The highest BCUT2D eigenvalue weighted by Crippen LogP contribution is 2.23. The van der Waals surface area contributed by atoms with Gasteiger partial charge in [0.15, 0.2) is 5.78 Å². The van der Waals surface area contributed by atoms with Gasteiger partial charge in [-0.1, -0.05) is 17.8 Å². The average Bonchev–Trinajstić information content (AvgIpc) is 2.52. The number of aromatic nitrogens is 1. The highest BCUT2D eigenvalue weighted by molar-refractivity contribution is 8.00. The molecule has 122 valence electrons. The summed E-state index contributed by atoms with van der Waals surface area (Å²) in [5.74, 6) is -0.942. The van der Waals surface area contributed by atoms with Gasteiger partial charge in [0.2, 0.25) is 5.91 Å². The molecule has 0 fully saturated rings. The molecule has 0 atom stereocenters. The van der Waals surface area contributed by atoms with Crippen LogP contribution in [-0.2, 0) is 4.79 Å². The maximum atomic E-state index is 13.1. The lowest BCUT2D eigenvalue weighted by molar-refractivity contribution is -0.113. The van der Waals surface area contributed by atoms with Crippen LogP contribution in [0.25, 0.3) is 0 Å². The molecule has 7 heteroatoms. The smallest absolute Gasteiger partial charge is 0.234 e. The molecule has 2 aromatic rings. The summed E-state index contributed by atoms with van der Waals surface area (Å²) in [5.41, 5.74) is 1.50. The standard InChI is InChI=1S/C17H14FN3O2S/c1-10-15(11(2)22)6-12(8-19)17(20-10)24-9-16(23)21-14-5-3-4-13(18)7-14/h3-7H,9H2,1-2H3,(H,21,23). The number of halogens is 1. The van der Waals surface area contributed by atoms with E-state index in [1.807, 2.05) is 6.07 Å². The first-order chi connectivity index (χ1) is 11.4. The summed E-state index contributed by atoms with van der Waals surface area (Å²) < 4.78 is 13.1. The fraction of sp³-hybridized carbons (Fsp3) is 0.176. The Hall–Kier alpha value is -2.72. The Kier molecular flexibility index (Phi) is 5.66. The number of hydrogen-bond donors (Lipinski definition) is 1. The summed E-state index contributed by atoms with van der Waals surface area (Å²) in [6.07, 6.45) is 0. The number of amides is 1. The van der Waals surface area contributed by atoms with Crippen LogP contribution in [0.4, 0.5) is 10.1 Å². The van der Waals surface area contributed by atoms with Gasteiger partial charge in [0, 0.05) is 16.9 Å². The minimum Gasteiger partial charge on any atom is -0.325 e. The van der Waals surface area contributed by atoms with E-state index in [2.05, 4.69) is 10.3 Å². The van der Waals surface area contributed by atoms with Crippen LogP contribution in [0.3, 0.4) is 0 Å². The molecule has 1 heterocycles. The second-order valence-corrected chi connectivity index (χ2v) is 5.95. The van der Waals surface area contributed by atoms with Crippen molar-refractivity contribution in [3.8, 4) is 6.07 Å². The second-order valence-electron chi connectivity index (χ2n) is 4.99. The third kappa shape index (κ3) is 4.40. The number of anilines is 1. The number of pyridine rings is 1.